The number of anilines is 2. The smallest absolute Gasteiger partial charge is 0.287 e. The standard InChI is InChI=1S/C14H10BrN3O3/c1-21-14-7-11(2-4-12(14)15)17-10-3-5-13(18(19)20)9(6-10)8-16/h2-7,17H,1H3. The molecule has 0 spiro atoms. The summed E-state index contributed by atoms with van der Waals surface area (Å²) in [5.74, 6) is 0.655. The Balaban J connectivity index is 2.32. The van der Waals surface area contributed by atoms with Crippen LogP contribution >= 0.6 is 15.9 Å². The number of methoxy groups -OCH3 is 1. The zero-order valence-corrected chi connectivity index (χ0v) is 12.5. The van der Waals surface area contributed by atoms with Crippen LogP contribution in [0.3, 0.4) is 0 Å². The molecule has 0 saturated heterocycles. The van der Waals surface area contributed by atoms with Gasteiger partial charge >= 0.3 is 0 Å². The number of hydrogen-bond acceptors (Lipinski definition) is 5. The molecule has 2 rings (SSSR count). The highest BCUT2D eigenvalue weighted by molar-refractivity contribution is 9.10. The van der Waals surface area contributed by atoms with E-state index in [0.717, 1.165) is 10.2 Å². The number of nitriles is 1. The van der Waals surface area contributed by atoms with E-state index in [2.05, 4.69) is 21.2 Å². The molecule has 1 N–H and O–H groups in total. The van der Waals surface area contributed by atoms with Gasteiger partial charge in [-0.25, -0.2) is 0 Å². The van der Waals surface area contributed by atoms with E-state index in [4.69, 9.17) is 10.00 Å². The van der Waals surface area contributed by atoms with Gasteiger partial charge in [-0.15, -0.1) is 0 Å². The van der Waals surface area contributed by atoms with Crippen LogP contribution in [0, 0.1) is 21.4 Å². The molecule has 7 heteroatoms. The predicted octanol–water partition coefficient (Wildman–Crippen LogP) is 3.98. The number of benzene rings is 2. The van der Waals surface area contributed by atoms with Crippen LogP contribution in [0.4, 0.5) is 17.1 Å². The third-order valence-corrected chi connectivity index (χ3v) is 3.41. The number of hydrogen-bond donors (Lipinski definition) is 1. The summed E-state index contributed by atoms with van der Waals surface area (Å²) in [6, 6.07) is 11.5. The summed E-state index contributed by atoms with van der Waals surface area (Å²) in [5.41, 5.74) is 1.12. The monoisotopic (exact) mass is 347 g/mol. The van der Waals surface area contributed by atoms with E-state index in [1.165, 1.54) is 12.1 Å². The van der Waals surface area contributed by atoms with Crippen LogP contribution in [0.15, 0.2) is 40.9 Å². The number of ether oxygens (including phenoxy) is 1. The molecule has 2 aromatic carbocycles. The fraction of sp³-hybridized carbons (Fsp3) is 0.0714. The van der Waals surface area contributed by atoms with E-state index in [-0.39, 0.29) is 11.3 Å². The lowest BCUT2D eigenvalue weighted by Gasteiger charge is -2.09. The van der Waals surface area contributed by atoms with E-state index in [9.17, 15) is 10.1 Å². The van der Waals surface area contributed by atoms with Crippen molar-refractivity contribution in [3.8, 4) is 11.8 Å². The Labute approximate surface area is 129 Å². The van der Waals surface area contributed by atoms with E-state index >= 15 is 0 Å². The van der Waals surface area contributed by atoms with Crippen molar-refractivity contribution in [1.82, 2.24) is 0 Å². The summed E-state index contributed by atoms with van der Waals surface area (Å²) >= 11 is 3.35. The van der Waals surface area contributed by atoms with Gasteiger partial charge in [-0.2, -0.15) is 5.26 Å². The lowest BCUT2D eigenvalue weighted by molar-refractivity contribution is -0.385. The second kappa shape index (κ2) is 6.24. The van der Waals surface area contributed by atoms with Gasteiger partial charge < -0.3 is 10.1 Å². The molecule has 0 atom stereocenters. The van der Waals surface area contributed by atoms with Crippen molar-refractivity contribution in [1.29, 1.82) is 5.26 Å². The summed E-state index contributed by atoms with van der Waals surface area (Å²) in [4.78, 5) is 10.2. The maximum absolute atomic E-state index is 10.8. The first-order chi connectivity index (χ1) is 10.0. The van der Waals surface area contributed by atoms with Crippen LogP contribution in [0.1, 0.15) is 5.56 Å². The van der Waals surface area contributed by atoms with Gasteiger partial charge in [-0.1, -0.05) is 0 Å². The Bertz CT molecular complexity index is 741. The fourth-order valence-corrected chi connectivity index (χ4v) is 2.18. The molecule has 0 aliphatic carbocycles. The van der Waals surface area contributed by atoms with Gasteiger partial charge in [0.25, 0.3) is 5.69 Å². The minimum absolute atomic E-state index is 0.00840. The van der Waals surface area contributed by atoms with Crippen LogP contribution < -0.4 is 10.1 Å². The van der Waals surface area contributed by atoms with Crippen molar-refractivity contribution in [2.24, 2.45) is 0 Å². The zero-order valence-electron chi connectivity index (χ0n) is 11.0. The molecule has 0 saturated carbocycles. The van der Waals surface area contributed by atoms with Gasteiger partial charge in [-0.3, -0.25) is 10.1 Å². The Hall–Kier alpha value is -2.59. The molecule has 0 heterocycles. The van der Waals surface area contributed by atoms with Gasteiger partial charge in [-0.05, 0) is 40.2 Å². The molecule has 0 fully saturated rings. The predicted molar refractivity (Wildman–Crippen MR) is 81.8 cm³/mol. The van der Waals surface area contributed by atoms with Crippen molar-refractivity contribution in [2.45, 2.75) is 0 Å². The highest BCUT2D eigenvalue weighted by atomic mass is 79.9. The van der Waals surface area contributed by atoms with Crippen molar-refractivity contribution in [3.05, 3.63) is 56.5 Å². The normalized spacial score (nSPS) is 9.76. The highest BCUT2D eigenvalue weighted by Gasteiger charge is 2.13. The van der Waals surface area contributed by atoms with Crippen molar-refractivity contribution < 1.29 is 9.66 Å². The first-order valence-electron chi connectivity index (χ1n) is 5.84. The van der Waals surface area contributed by atoms with Crippen LogP contribution in [0.2, 0.25) is 0 Å². The summed E-state index contributed by atoms with van der Waals surface area (Å²) in [6.45, 7) is 0. The average molecular weight is 348 g/mol. The number of nitrogens with zero attached hydrogens (tertiary/aromatic N) is 2. The van der Waals surface area contributed by atoms with E-state index in [1.54, 1.807) is 19.2 Å². The van der Waals surface area contributed by atoms with Crippen molar-refractivity contribution in [2.75, 3.05) is 12.4 Å². The van der Waals surface area contributed by atoms with Gasteiger partial charge in [0.15, 0.2) is 0 Å². The van der Waals surface area contributed by atoms with Gasteiger partial charge in [0.05, 0.1) is 16.5 Å². The van der Waals surface area contributed by atoms with Crippen LogP contribution in [-0.4, -0.2) is 12.0 Å². The van der Waals surface area contributed by atoms with Crippen LogP contribution in [0.25, 0.3) is 0 Å². The molecule has 21 heavy (non-hydrogen) atoms. The lowest BCUT2D eigenvalue weighted by atomic mass is 10.1. The van der Waals surface area contributed by atoms with Crippen molar-refractivity contribution >= 4 is 33.0 Å². The van der Waals surface area contributed by atoms with E-state index in [1.807, 2.05) is 18.2 Å². The van der Waals surface area contributed by atoms with Crippen LogP contribution in [-0.2, 0) is 0 Å². The number of nitrogens with one attached hydrogen (secondary N) is 1. The number of nitro groups is 1. The average Bonchev–Trinajstić information content (AvgIpc) is 2.48. The largest absolute Gasteiger partial charge is 0.495 e. The maximum atomic E-state index is 10.8. The molecular weight excluding hydrogens is 338 g/mol. The van der Waals surface area contributed by atoms with E-state index < -0.39 is 4.92 Å². The van der Waals surface area contributed by atoms with Crippen LogP contribution in [0.5, 0.6) is 5.75 Å². The first kappa shape index (κ1) is 14.8. The second-order valence-corrected chi connectivity index (χ2v) is 4.93. The molecule has 0 aliphatic heterocycles. The third kappa shape index (κ3) is 3.30. The van der Waals surface area contributed by atoms with Gasteiger partial charge in [0.1, 0.15) is 17.4 Å². The number of rotatable bonds is 4. The Kier molecular flexibility index (Phi) is 4.40. The Morgan fingerprint density at radius 1 is 1.29 bits per heavy atom. The Morgan fingerprint density at radius 2 is 1.95 bits per heavy atom. The molecule has 0 unspecified atom stereocenters. The minimum atomic E-state index is -0.578. The fourth-order valence-electron chi connectivity index (χ4n) is 1.77. The lowest BCUT2D eigenvalue weighted by Crippen LogP contribution is -1.96. The molecule has 106 valence electrons. The molecule has 6 nitrogen and oxygen atoms in total. The molecular formula is C14H10BrN3O3. The summed E-state index contributed by atoms with van der Waals surface area (Å²) in [7, 11) is 1.56. The van der Waals surface area contributed by atoms with E-state index in [0.29, 0.717) is 11.4 Å². The third-order valence-electron chi connectivity index (χ3n) is 2.75. The summed E-state index contributed by atoms with van der Waals surface area (Å²) in [5, 5.41) is 22.8. The SMILES string of the molecule is COc1cc(Nc2ccc([N+](=O)[O-])c(C#N)c2)ccc1Br. The molecule has 0 aromatic heterocycles. The number of halogens is 1. The molecule has 0 bridgehead atoms. The van der Waals surface area contributed by atoms with Gasteiger partial charge in [0.2, 0.25) is 0 Å². The summed E-state index contributed by atoms with van der Waals surface area (Å²) < 4.78 is 6.01. The topological polar surface area (TPSA) is 88.2 Å². The second-order valence-electron chi connectivity index (χ2n) is 4.08. The van der Waals surface area contributed by atoms with Crippen molar-refractivity contribution in [3.63, 3.8) is 0 Å². The quantitative estimate of drug-likeness (QED) is 0.667. The number of nitro benzene ring substituents is 1. The molecule has 2 aromatic rings. The maximum Gasteiger partial charge on any atom is 0.287 e. The molecule has 0 aliphatic rings. The highest BCUT2D eigenvalue weighted by Crippen LogP contribution is 2.30. The van der Waals surface area contributed by atoms with Gasteiger partial charge in [0, 0.05) is 23.5 Å². The first-order valence-corrected chi connectivity index (χ1v) is 6.63. The zero-order chi connectivity index (χ0) is 15.4. The summed E-state index contributed by atoms with van der Waals surface area (Å²) in [6.07, 6.45) is 0. The minimum Gasteiger partial charge on any atom is -0.495 e. The Morgan fingerprint density at radius 3 is 2.57 bits per heavy atom. The molecule has 0 amide bonds. The molecule has 0 radical (unpaired) electrons.